The lowest BCUT2D eigenvalue weighted by atomic mass is 9.99. The number of esters is 2. The highest BCUT2D eigenvalue weighted by atomic mass is 19.1. The van der Waals surface area contributed by atoms with Gasteiger partial charge >= 0.3 is 11.9 Å². The van der Waals surface area contributed by atoms with Crippen LogP contribution in [-0.4, -0.2) is 23.7 Å². The van der Waals surface area contributed by atoms with Gasteiger partial charge in [0.2, 0.25) is 0 Å². The molecule has 0 aliphatic heterocycles. The third-order valence-electron chi connectivity index (χ3n) is 6.10. The maximum atomic E-state index is 14.1. The zero-order valence-corrected chi connectivity index (χ0v) is 21.3. The topological polar surface area (TPSA) is 78.6 Å². The van der Waals surface area contributed by atoms with Gasteiger partial charge in [-0.3, -0.25) is 9.59 Å². The van der Waals surface area contributed by atoms with Crippen LogP contribution in [0.5, 0.6) is 0 Å². The number of aromatic nitrogens is 1. The lowest BCUT2D eigenvalue weighted by molar-refractivity contribution is -0.148. The van der Waals surface area contributed by atoms with Crippen LogP contribution >= 0.6 is 0 Å². The lowest BCUT2D eigenvalue weighted by Crippen LogP contribution is -2.13. The van der Waals surface area contributed by atoms with Crippen LogP contribution in [0.2, 0.25) is 0 Å². The van der Waals surface area contributed by atoms with Crippen molar-refractivity contribution in [3.63, 3.8) is 0 Å². The molecule has 6 nitrogen and oxygen atoms in total. The van der Waals surface area contributed by atoms with Crippen LogP contribution in [0.1, 0.15) is 42.3 Å². The summed E-state index contributed by atoms with van der Waals surface area (Å²) < 4.78 is 43.2. The fourth-order valence-corrected chi connectivity index (χ4v) is 4.11. The first kappa shape index (κ1) is 26.7. The summed E-state index contributed by atoms with van der Waals surface area (Å²) in [7, 11) is 0. The summed E-state index contributed by atoms with van der Waals surface area (Å²) in [6.45, 7) is 5.38. The van der Waals surface area contributed by atoms with Crippen LogP contribution in [0.25, 0.3) is 22.5 Å². The van der Waals surface area contributed by atoms with E-state index in [1.165, 1.54) is 13.0 Å². The second kappa shape index (κ2) is 11.8. The zero-order valence-electron chi connectivity index (χ0n) is 21.3. The van der Waals surface area contributed by atoms with E-state index in [9.17, 15) is 18.4 Å². The number of carbonyl (C=O) groups excluding carboxylic acids is 2. The molecule has 0 saturated carbocycles. The van der Waals surface area contributed by atoms with E-state index >= 15 is 0 Å². The summed E-state index contributed by atoms with van der Waals surface area (Å²) in [5.41, 5.74) is 4.73. The number of hydrogen-bond acceptors (Lipinski definition) is 6. The molecule has 1 heterocycles. The minimum Gasteiger partial charge on any atom is -0.466 e. The van der Waals surface area contributed by atoms with E-state index < -0.39 is 23.7 Å². The van der Waals surface area contributed by atoms with E-state index in [1.807, 2.05) is 48.5 Å². The number of benzene rings is 3. The van der Waals surface area contributed by atoms with Gasteiger partial charge in [-0.1, -0.05) is 53.7 Å². The highest BCUT2D eigenvalue weighted by Gasteiger charge is 2.22. The summed E-state index contributed by atoms with van der Waals surface area (Å²) >= 11 is 0. The fraction of sp³-hybridized carbons (Fsp3) is 0.233. The largest absolute Gasteiger partial charge is 0.466 e. The van der Waals surface area contributed by atoms with Gasteiger partial charge in [-0.25, -0.2) is 8.78 Å². The molecule has 1 aromatic heterocycles. The molecule has 0 aliphatic carbocycles. The van der Waals surface area contributed by atoms with Gasteiger partial charge in [0, 0.05) is 22.8 Å². The Morgan fingerprint density at radius 3 is 2.16 bits per heavy atom. The lowest BCUT2D eigenvalue weighted by Gasteiger charge is -2.14. The molecule has 0 saturated heterocycles. The predicted octanol–water partition coefficient (Wildman–Crippen LogP) is 6.55. The maximum absolute atomic E-state index is 14.1. The van der Waals surface area contributed by atoms with E-state index in [4.69, 9.17) is 14.0 Å². The van der Waals surface area contributed by atoms with E-state index in [0.717, 1.165) is 34.4 Å². The first-order valence-electron chi connectivity index (χ1n) is 12.2. The van der Waals surface area contributed by atoms with E-state index in [1.54, 1.807) is 13.8 Å². The molecule has 0 aliphatic rings. The highest BCUT2D eigenvalue weighted by molar-refractivity contribution is 5.78. The molecular weight excluding hydrogens is 492 g/mol. The number of nitrogens with zero attached hydrogens (tertiary/aromatic N) is 1. The summed E-state index contributed by atoms with van der Waals surface area (Å²) in [5, 5.41) is 4.01. The molecule has 0 spiro atoms. The van der Waals surface area contributed by atoms with Crippen molar-refractivity contribution < 1.29 is 32.4 Å². The van der Waals surface area contributed by atoms with Gasteiger partial charge in [-0.15, -0.1) is 0 Å². The molecule has 0 bridgehead atoms. The van der Waals surface area contributed by atoms with Gasteiger partial charge < -0.3 is 14.0 Å². The summed E-state index contributed by atoms with van der Waals surface area (Å²) in [6, 6.07) is 18.4. The summed E-state index contributed by atoms with van der Waals surface area (Å²) in [5.74, 6) is -1.89. The Morgan fingerprint density at radius 2 is 1.53 bits per heavy atom. The van der Waals surface area contributed by atoms with Crippen LogP contribution in [0.15, 0.2) is 71.3 Å². The van der Waals surface area contributed by atoms with Crippen molar-refractivity contribution in [2.24, 2.45) is 0 Å². The molecular formula is C30H27F2NO5. The van der Waals surface area contributed by atoms with Crippen LogP contribution in [0.4, 0.5) is 8.78 Å². The summed E-state index contributed by atoms with van der Waals surface area (Å²) in [4.78, 5) is 24.3. The molecule has 0 radical (unpaired) electrons. The van der Waals surface area contributed by atoms with Crippen molar-refractivity contribution in [1.82, 2.24) is 5.16 Å². The molecule has 1 atom stereocenters. The Bertz CT molecular complexity index is 1430. The molecule has 38 heavy (non-hydrogen) atoms. The van der Waals surface area contributed by atoms with Crippen molar-refractivity contribution in [2.45, 2.75) is 39.7 Å². The van der Waals surface area contributed by atoms with Gasteiger partial charge in [0.25, 0.3) is 0 Å². The fourth-order valence-electron chi connectivity index (χ4n) is 4.11. The van der Waals surface area contributed by atoms with E-state index in [2.05, 4.69) is 5.16 Å². The molecule has 1 unspecified atom stereocenters. The van der Waals surface area contributed by atoms with E-state index in [-0.39, 0.29) is 24.4 Å². The quantitative estimate of drug-likeness (QED) is 0.234. The molecule has 4 aromatic rings. The third kappa shape index (κ3) is 6.32. The van der Waals surface area contributed by atoms with Gasteiger partial charge in [0.1, 0.15) is 17.7 Å². The molecule has 196 valence electrons. The van der Waals surface area contributed by atoms with Gasteiger partial charge in [0.15, 0.2) is 5.76 Å². The van der Waals surface area contributed by atoms with Crippen LogP contribution < -0.4 is 0 Å². The standard InChI is InChI=1S/C30H27F2NO5/c1-4-36-28(34)15-20-5-7-21(8-6-20)22-9-11-23(12-10-22)30-26(18(2)33-38-30)17-29(35)37-19(3)25-14-13-24(31)16-27(25)32/h5-14,16,19H,4,15,17H2,1-3H3. The maximum Gasteiger partial charge on any atom is 0.311 e. The first-order chi connectivity index (χ1) is 18.2. The molecule has 0 amide bonds. The number of hydrogen-bond donors (Lipinski definition) is 0. The SMILES string of the molecule is CCOC(=O)Cc1ccc(-c2ccc(-c3onc(C)c3CC(=O)OC(C)c3ccc(F)cc3F)cc2)cc1. The Morgan fingerprint density at radius 1 is 0.895 bits per heavy atom. The number of aryl methyl sites for hydroxylation is 1. The summed E-state index contributed by atoms with van der Waals surface area (Å²) in [6.07, 6.45) is -0.794. The third-order valence-corrected chi connectivity index (χ3v) is 6.10. The van der Waals surface area contributed by atoms with Gasteiger partial charge in [-0.2, -0.15) is 0 Å². The molecule has 4 rings (SSSR count). The molecule has 0 fully saturated rings. The van der Waals surface area contributed by atoms with Crippen LogP contribution in [0.3, 0.4) is 0 Å². The van der Waals surface area contributed by atoms with Crippen LogP contribution in [0, 0.1) is 18.6 Å². The Kier molecular flexibility index (Phi) is 8.31. The van der Waals surface area contributed by atoms with Crippen molar-refractivity contribution >= 4 is 11.9 Å². The minimum absolute atomic E-state index is 0.0894. The second-order valence-corrected chi connectivity index (χ2v) is 8.81. The normalized spacial score (nSPS) is 11.7. The van der Waals surface area contributed by atoms with Crippen molar-refractivity contribution in [1.29, 1.82) is 0 Å². The van der Waals surface area contributed by atoms with Crippen molar-refractivity contribution in [3.05, 3.63) is 101 Å². The van der Waals surface area contributed by atoms with Crippen LogP contribution in [-0.2, 0) is 31.9 Å². The molecule has 8 heteroatoms. The predicted molar refractivity (Wildman–Crippen MR) is 137 cm³/mol. The number of carbonyl (C=O) groups is 2. The van der Waals surface area contributed by atoms with Gasteiger partial charge in [-0.05, 0) is 49.6 Å². The highest BCUT2D eigenvalue weighted by Crippen LogP contribution is 2.30. The number of rotatable bonds is 9. The smallest absolute Gasteiger partial charge is 0.311 e. The minimum atomic E-state index is -0.894. The van der Waals surface area contributed by atoms with E-state index in [0.29, 0.717) is 23.6 Å². The van der Waals surface area contributed by atoms with Crippen molar-refractivity contribution in [2.75, 3.05) is 6.61 Å². The monoisotopic (exact) mass is 519 g/mol. The number of ether oxygens (including phenoxy) is 2. The average Bonchev–Trinajstić information content (AvgIpc) is 3.24. The Hall–Kier alpha value is -4.33. The van der Waals surface area contributed by atoms with Crippen molar-refractivity contribution in [3.8, 4) is 22.5 Å². The number of halogens is 2. The van der Waals surface area contributed by atoms with Gasteiger partial charge in [0.05, 0.1) is 25.1 Å². The Labute approximate surface area is 219 Å². The Balaban J connectivity index is 1.45. The second-order valence-electron chi connectivity index (χ2n) is 8.81. The average molecular weight is 520 g/mol. The molecule has 3 aromatic carbocycles. The zero-order chi connectivity index (χ0) is 27.2. The first-order valence-corrected chi connectivity index (χ1v) is 12.2. The molecule has 0 N–H and O–H groups in total.